The SMILES string of the molecule is CCOC(=O)c1cc(Cl)nc(C(F)F)c1[N+](=O)[O-]. The minimum absolute atomic E-state index is 0.0556. The Morgan fingerprint density at radius 1 is 1.67 bits per heavy atom. The number of rotatable bonds is 4. The van der Waals surface area contributed by atoms with Crippen LogP contribution in [0.2, 0.25) is 5.15 Å². The van der Waals surface area contributed by atoms with Crippen LogP contribution in [0.15, 0.2) is 6.07 Å². The summed E-state index contributed by atoms with van der Waals surface area (Å²) in [5, 5.41) is 10.3. The normalized spacial score (nSPS) is 10.5. The molecule has 0 aliphatic rings. The number of ether oxygens (including phenoxy) is 1. The number of carbonyl (C=O) groups is 1. The van der Waals surface area contributed by atoms with Gasteiger partial charge in [0.1, 0.15) is 10.7 Å². The fourth-order valence-corrected chi connectivity index (χ4v) is 1.43. The van der Waals surface area contributed by atoms with Crippen molar-refractivity contribution in [3.63, 3.8) is 0 Å². The van der Waals surface area contributed by atoms with Gasteiger partial charge in [0, 0.05) is 0 Å². The van der Waals surface area contributed by atoms with Crippen molar-refractivity contribution in [2.24, 2.45) is 0 Å². The number of alkyl halides is 2. The van der Waals surface area contributed by atoms with Crippen molar-refractivity contribution >= 4 is 23.3 Å². The van der Waals surface area contributed by atoms with Crippen LogP contribution in [0.4, 0.5) is 14.5 Å². The first kappa shape index (κ1) is 14.2. The zero-order valence-corrected chi connectivity index (χ0v) is 9.78. The molecule has 1 heterocycles. The van der Waals surface area contributed by atoms with Crippen molar-refractivity contribution in [1.29, 1.82) is 0 Å². The molecule has 0 N–H and O–H groups in total. The van der Waals surface area contributed by atoms with Crippen molar-refractivity contribution in [2.45, 2.75) is 13.3 Å². The smallest absolute Gasteiger partial charge is 0.345 e. The molecular formula is C9H7ClF2N2O4. The molecule has 6 nitrogen and oxygen atoms in total. The van der Waals surface area contributed by atoms with Crippen LogP contribution in [0.5, 0.6) is 0 Å². The third kappa shape index (κ3) is 2.89. The van der Waals surface area contributed by atoms with Gasteiger partial charge in [-0.05, 0) is 13.0 Å². The van der Waals surface area contributed by atoms with Gasteiger partial charge in [-0.15, -0.1) is 0 Å². The molecule has 0 saturated heterocycles. The predicted molar refractivity (Wildman–Crippen MR) is 56.8 cm³/mol. The van der Waals surface area contributed by atoms with Gasteiger partial charge >= 0.3 is 11.7 Å². The summed E-state index contributed by atoms with van der Waals surface area (Å²) >= 11 is 5.44. The van der Waals surface area contributed by atoms with Gasteiger partial charge in [-0.25, -0.2) is 18.6 Å². The van der Waals surface area contributed by atoms with Gasteiger partial charge in [0.25, 0.3) is 6.43 Å². The predicted octanol–water partition coefficient (Wildman–Crippen LogP) is 2.76. The molecule has 0 aromatic carbocycles. The lowest BCUT2D eigenvalue weighted by atomic mass is 10.2. The number of halogens is 3. The molecule has 0 amide bonds. The van der Waals surface area contributed by atoms with Crippen LogP contribution >= 0.6 is 11.6 Å². The largest absolute Gasteiger partial charge is 0.462 e. The third-order valence-corrected chi connectivity index (χ3v) is 2.07. The molecule has 0 fully saturated rings. The molecule has 0 atom stereocenters. The molecule has 1 aromatic heterocycles. The van der Waals surface area contributed by atoms with E-state index in [1.165, 1.54) is 6.92 Å². The number of hydrogen-bond donors (Lipinski definition) is 0. The average molecular weight is 281 g/mol. The standard InChI is InChI=1S/C9H7ClF2N2O4/c1-2-18-9(15)4-3-5(10)13-6(8(11)12)7(4)14(16)17/h3,8H,2H2,1H3. The summed E-state index contributed by atoms with van der Waals surface area (Å²) in [6, 6.07) is 0.823. The van der Waals surface area contributed by atoms with E-state index in [2.05, 4.69) is 9.72 Å². The maximum atomic E-state index is 12.6. The second kappa shape index (κ2) is 5.67. The van der Waals surface area contributed by atoms with Gasteiger partial charge in [-0.2, -0.15) is 0 Å². The van der Waals surface area contributed by atoms with Crippen LogP contribution in [-0.2, 0) is 4.74 Å². The minimum atomic E-state index is -3.22. The van der Waals surface area contributed by atoms with Crippen molar-refractivity contribution in [3.05, 3.63) is 32.6 Å². The number of carbonyl (C=O) groups excluding carboxylic acids is 1. The van der Waals surface area contributed by atoms with E-state index in [9.17, 15) is 23.7 Å². The first-order valence-electron chi connectivity index (χ1n) is 4.68. The van der Waals surface area contributed by atoms with Crippen LogP contribution in [0.25, 0.3) is 0 Å². The highest BCUT2D eigenvalue weighted by atomic mass is 35.5. The van der Waals surface area contributed by atoms with Crippen LogP contribution in [0, 0.1) is 10.1 Å². The number of aromatic nitrogens is 1. The first-order valence-corrected chi connectivity index (χ1v) is 5.06. The number of hydrogen-bond acceptors (Lipinski definition) is 5. The Bertz CT molecular complexity index is 496. The maximum Gasteiger partial charge on any atom is 0.345 e. The van der Waals surface area contributed by atoms with E-state index in [1.807, 2.05) is 0 Å². The third-order valence-electron chi connectivity index (χ3n) is 1.87. The molecule has 0 radical (unpaired) electrons. The highest BCUT2D eigenvalue weighted by Gasteiger charge is 2.32. The monoisotopic (exact) mass is 280 g/mol. The minimum Gasteiger partial charge on any atom is -0.462 e. The lowest BCUT2D eigenvalue weighted by Crippen LogP contribution is -2.11. The Labute approximate surface area is 105 Å². The molecule has 1 rings (SSSR count). The van der Waals surface area contributed by atoms with Gasteiger partial charge in [0.05, 0.1) is 11.5 Å². The summed E-state index contributed by atoms with van der Waals surface area (Å²) < 4.78 is 29.8. The fourth-order valence-electron chi connectivity index (χ4n) is 1.23. The van der Waals surface area contributed by atoms with E-state index >= 15 is 0 Å². The summed E-state index contributed by atoms with van der Waals surface area (Å²) in [7, 11) is 0. The van der Waals surface area contributed by atoms with Crippen molar-refractivity contribution in [1.82, 2.24) is 4.98 Å². The summed E-state index contributed by atoms with van der Waals surface area (Å²) in [5.41, 5.74) is -2.89. The highest BCUT2D eigenvalue weighted by Crippen LogP contribution is 2.32. The maximum absolute atomic E-state index is 12.6. The lowest BCUT2D eigenvalue weighted by molar-refractivity contribution is -0.387. The summed E-state index contributed by atoms with van der Waals surface area (Å²) in [6.07, 6.45) is -3.22. The highest BCUT2D eigenvalue weighted by molar-refractivity contribution is 6.29. The van der Waals surface area contributed by atoms with Crippen LogP contribution in [-0.4, -0.2) is 22.5 Å². The summed E-state index contributed by atoms with van der Waals surface area (Å²) in [5.74, 6) is -1.10. The Morgan fingerprint density at radius 3 is 2.72 bits per heavy atom. The molecule has 9 heteroatoms. The fraction of sp³-hybridized carbons (Fsp3) is 0.333. The van der Waals surface area contributed by atoms with Gasteiger partial charge in [-0.3, -0.25) is 10.1 Å². The van der Waals surface area contributed by atoms with E-state index < -0.39 is 39.4 Å². The molecule has 1 aromatic rings. The second-order valence-corrected chi connectivity index (χ2v) is 3.39. The molecule has 98 valence electrons. The molecule has 18 heavy (non-hydrogen) atoms. The van der Waals surface area contributed by atoms with Crippen molar-refractivity contribution in [3.8, 4) is 0 Å². The quantitative estimate of drug-likeness (QED) is 0.366. The Balaban J connectivity index is 3.48. The van der Waals surface area contributed by atoms with Crippen molar-refractivity contribution < 1.29 is 23.2 Å². The summed E-state index contributed by atoms with van der Waals surface area (Å²) in [6.45, 7) is 1.42. The van der Waals surface area contributed by atoms with E-state index in [0.29, 0.717) is 0 Å². The molecule has 0 aliphatic carbocycles. The van der Waals surface area contributed by atoms with Gasteiger partial charge in [0.15, 0.2) is 5.69 Å². The second-order valence-electron chi connectivity index (χ2n) is 3.00. The van der Waals surface area contributed by atoms with Gasteiger partial charge in [-0.1, -0.05) is 11.6 Å². The first-order chi connectivity index (χ1) is 8.38. The molecule has 0 unspecified atom stereocenters. The average Bonchev–Trinajstić information content (AvgIpc) is 2.27. The topological polar surface area (TPSA) is 82.3 Å². The van der Waals surface area contributed by atoms with Crippen LogP contribution in [0.1, 0.15) is 29.4 Å². The number of pyridine rings is 1. The van der Waals surface area contributed by atoms with E-state index in [1.54, 1.807) is 0 Å². The van der Waals surface area contributed by atoms with Crippen LogP contribution < -0.4 is 0 Å². The zero-order chi connectivity index (χ0) is 13.9. The lowest BCUT2D eigenvalue weighted by Gasteiger charge is -2.07. The zero-order valence-electron chi connectivity index (χ0n) is 9.02. The van der Waals surface area contributed by atoms with E-state index in [0.717, 1.165) is 6.07 Å². The number of nitrogens with zero attached hydrogens (tertiary/aromatic N) is 2. The Morgan fingerprint density at radius 2 is 2.28 bits per heavy atom. The molecule has 0 aliphatic heterocycles. The van der Waals surface area contributed by atoms with Gasteiger partial charge in [0.2, 0.25) is 0 Å². The van der Waals surface area contributed by atoms with E-state index in [4.69, 9.17) is 11.6 Å². The van der Waals surface area contributed by atoms with Crippen molar-refractivity contribution in [2.75, 3.05) is 6.61 Å². The van der Waals surface area contributed by atoms with Gasteiger partial charge < -0.3 is 4.74 Å². The van der Waals surface area contributed by atoms with Crippen LogP contribution in [0.3, 0.4) is 0 Å². The molecular weight excluding hydrogens is 274 g/mol. The summed E-state index contributed by atoms with van der Waals surface area (Å²) in [4.78, 5) is 24.2. The Kier molecular flexibility index (Phi) is 4.49. The number of nitro groups is 1. The molecule has 0 saturated carbocycles. The Hall–Kier alpha value is -1.83. The molecule has 0 bridgehead atoms. The number of esters is 1. The van der Waals surface area contributed by atoms with E-state index in [-0.39, 0.29) is 6.61 Å². The molecule has 0 spiro atoms.